The average molecular weight is 399 g/mol. The number of hydrogen-bond acceptors (Lipinski definition) is 5. The summed E-state index contributed by atoms with van der Waals surface area (Å²) in [5.41, 5.74) is -0.518. The summed E-state index contributed by atoms with van der Waals surface area (Å²) >= 11 is 0. The summed E-state index contributed by atoms with van der Waals surface area (Å²) in [6.07, 6.45) is 4.63. The summed E-state index contributed by atoms with van der Waals surface area (Å²) in [6, 6.07) is -0.216. The number of likely N-dealkylation sites (tertiary alicyclic amines) is 2. The molecule has 2 rings (SSSR count). The van der Waals surface area contributed by atoms with Gasteiger partial charge in [-0.15, -0.1) is 0 Å². The van der Waals surface area contributed by atoms with Crippen molar-refractivity contribution in [3.63, 3.8) is 0 Å². The molecule has 0 saturated carbocycles. The van der Waals surface area contributed by atoms with Gasteiger partial charge in [-0.25, -0.2) is 9.59 Å². The van der Waals surface area contributed by atoms with Crippen LogP contribution < -0.4 is 10.6 Å². The van der Waals surface area contributed by atoms with Gasteiger partial charge in [-0.05, 0) is 71.9 Å². The standard InChI is InChI=1S/C20H38N4O4/c1-20(2,3)28-19(27)24-10-5-4-6-17(24)14-22-18(26)21-9-13-23-11-7-16(15-25)8-12-23/h16-17,25H,4-15H2,1-3H3,(H2,21,22,26). The van der Waals surface area contributed by atoms with Gasteiger partial charge in [0.2, 0.25) is 0 Å². The smallest absolute Gasteiger partial charge is 0.410 e. The first-order valence-electron chi connectivity index (χ1n) is 10.6. The molecule has 1 atom stereocenters. The number of amides is 3. The van der Waals surface area contributed by atoms with Crippen molar-refractivity contribution in [2.45, 2.75) is 64.5 Å². The van der Waals surface area contributed by atoms with Gasteiger partial charge in [0.15, 0.2) is 0 Å². The van der Waals surface area contributed by atoms with Crippen molar-refractivity contribution in [1.82, 2.24) is 20.4 Å². The first-order chi connectivity index (χ1) is 13.3. The van der Waals surface area contributed by atoms with Crippen LogP contribution in [0.1, 0.15) is 52.9 Å². The van der Waals surface area contributed by atoms with Crippen LogP contribution in [0, 0.1) is 5.92 Å². The van der Waals surface area contributed by atoms with Crippen molar-refractivity contribution >= 4 is 12.1 Å². The molecule has 28 heavy (non-hydrogen) atoms. The van der Waals surface area contributed by atoms with E-state index in [0.29, 0.717) is 25.6 Å². The van der Waals surface area contributed by atoms with Gasteiger partial charge in [-0.1, -0.05) is 0 Å². The lowest BCUT2D eigenvalue weighted by molar-refractivity contribution is 0.0102. The van der Waals surface area contributed by atoms with E-state index in [0.717, 1.165) is 51.7 Å². The molecule has 2 fully saturated rings. The van der Waals surface area contributed by atoms with Crippen molar-refractivity contribution in [1.29, 1.82) is 0 Å². The van der Waals surface area contributed by atoms with E-state index in [-0.39, 0.29) is 24.8 Å². The average Bonchev–Trinajstić information content (AvgIpc) is 2.66. The molecule has 0 bridgehead atoms. The van der Waals surface area contributed by atoms with Gasteiger partial charge in [0.1, 0.15) is 5.60 Å². The Hall–Kier alpha value is -1.54. The minimum absolute atomic E-state index is 0.0214. The molecule has 3 N–H and O–H groups in total. The van der Waals surface area contributed by atoms with E-state index >= 15 is 0 Å². The van der Waals surface area contributed by atoms with E-state index < -0.39 is 5.60 Å². The van der Waals surface area contributed by atoms with Crippen molar-refractivity contribution in [2.24, 2.45) is 5.92 Å². The second kappa shape index (κ2) is 10.9. The van der Waals surface area contributed by atoms with Gasteiger partial charge < -0.3 is 30.3 Å². The third kappa shape index (κ3) is 7.83. The minimum atomic E-state index is -0.518. The summed E-state index contributed by atoms with van der Waals surface area (Å²) in [4.78, 5) is 28.6. The summed E-state index contributed by atoms with van der Waals surface area (Å²) in [5.74, 6) is 0.427. The van der Waals surface area contributed by atoms with E-state index in [1.54, 1.807) is 4.90 Å². The molecule has 2 saturated heterocycles. The predicted octanol–water partition coefficient (Wildman–Crippen LogP) is 1.78. The van der Waals surface area contributed by atoms with E-state index in [9.17, 15) is 14.7 Å². The van der Waals surface area contributed by atoms with E-state index in [1.807, 2.05) is 20.8 Å². The quantitative estimate of drug-likeness (QED) is 0.634. The molecular weight excluding hydrogens is 360 g/mol. The number of aliphatic hydroxyl groups is 1. The Bertz CT molecular complexity index is 501. The summed E-state index contributed by atoms with van der Waals surface area (Å²) < 4.78 is 5.50. The Morgan fingerprint density at radius 1 is 1.07 bits per heavy atom. The highest BCUT2D eigenvalue weighted by Crippen LogP contribution is 2.20. The third-order valence-electron chi connectivity index (χ3n) is 5.43. The van der Waals surface area contributed by atoms with Crippen LogP contribution in [0.15, 0.2) is 0 Å². The second-order valence-electron chi connectivity index (χ2n) is 8.93. The van der Waals surface area contributed by atoms with Crippen LogP contribution in [-0.2, 0) is 4.74 Å². The number of carbonyl (C=O) groups excluding carboxylic acids is 2. The van der Waals surface area contributed by atoms with Crippen LogP contribution in [-0.4, -0.2) is 84.5 Å². The van der Waals surface area contributed by atoms with Gasteiger partial charge in [-0.2, -0.15) is 0 Å². The molecule has 8 heteroatoms. The lowest BCUT2D eigenvalue weighted by Gasteiger charge is -2.36. The van der Waals surface area contributed by atoms with Crippen LogP contribution in [0.4, 0.5) is 9.59 Å². The number of nitrogens with one attached hydrogen (secondary N) is 2. The van der Waals surface area contributed by atoms with E-state index in [1.165, 1.54) is 0 Å². The lowest BCUT2D eigenvalue weighted by atomic mass is 9.98. The molecule has 0 spiro atoms. The molecule has 0 radical (unpaired) electrons. The monoisotopic (exact) mass is 398 g/mol. The first kappa shape index (κ1) is 22.7. The zero-order valence-corrected chi connectivity index (χ0v) is 17.7. The lowest BCUT2D eigenvalue weighted by Crippen LogP contribution is -2.52. The number of aliphatic hydroxyl groups excluding tert-OH is 1. The molecule has 0 aromatic carbocycles. The number of urea groups is 1. The number of piperidine rings is 2. The number of hydrogen-bond donors (Lipinski definition) is 3. The first-order valence-corrected chi connectivity index (χ1v) is 10.6. The summed E-state index contributed by atoms with van der Waals surface area (Å²) in [5, 5.41) is 15.0. The molecule has 162 valence electrons. The van der Waals surface area contributed by atoms with Gasteiger partial charge in [0.25, 0.3) is 0 Å². The van der Waals surface area contributed by atoms with Crippen LogP contribution in [0.5, 0.6) is 0 Å². The fraction of sp³-hybridized carbons (Fsp3) is 0.900. The van der Waals surface area contributed by atoms with Crippen LogP contribution >= 0.6 is 0 Å². The van der Waals surface area contributed by atoms with Gasteiger partial charge in [0, 0.05) is 32.8 Å². The number of carbonyl (C=O) groups is 2. The molecule has 0 aromatic heterocycles. The number of ether oxygens (including phenoxy) is 1. The second-order valence-corrected chi connectivity index (χ2v) is 8.93. The Morgan fingerprint density at radius 3 is 2.43 bits per heavy atom. The molecule has 2 heterocycles. The van der Waals surface area contributed by atoms with Crippen LogP contribution in [0.2, 0.25) is 0 Å². The van der Waals surface area contributed by atoms with Gasteiger partial charge in [0.05, 0.1) is 6.04 Å². The van der Waals surface area contributed by atoms with Crippen LogP contribution in [0.3, 0.4) is 0 Å². The molecule has 8 nitrogen and oxygen atoms in total. The summed E-state index contributed by atoms with van der Waals surface area (Å²) in [7, 11) is 0. The van der Waals surface area contributed by atoms with Gasteiger partial charge >= 0.3 is 12.1 Å². The highest BCUT2D eigenvalue weighted by Gasteiger charge is 2.30. The normalized spacial score (nSPS) is 22.0. The Kier molecular flexibility index (Phi) is 8.82. The molecular formula is C20H38N4O4. The highest BCUT2D eigenvalue weighted by atomic mass is 16.6. The zero-order valence-electron chi connectivity index (χ0n) is 17.7. The molecule has 2 aliphatic rings. The number of rotatable bonds is 6. The Morgan fingerprint density at radius 2 is 1.79 bits per heavy atom. The van der Waals surface area contributed by atoms with Crippen molar-refractivity contribution in [2.75, 3.05) is 45.9 Å². The fourth-order valence-corrected chi connectivity index (χ4v) is 3.77. The topological polar surface area (TPSA) is 94.1 Å². The summed E-state index contributed by atoms with van der Waals surface area (Å²) in [6.45, 7) is 10.3. The Balaban J connectivity index is 1.66. The molecule has 0 aliphatic carbocycles. The maximum atomic E-state index is 12.4. The maximum Gasteiger partial charge on any atom is 0.410 e. The molecule has 3 amide bonds. The fourth-order valence-electron chi connectivity index (χ4n) is 3.77. The minimum Gasteiger partial charge on any atom is -0.444 e. The predicted molar refractivity (Wildman–Crippen MR) is 108 cm³/mol. The largest absolute Gasteiger partial charge is 0.444 e. The van der Waals surface area contributed by atoms with Crippen molar-refractivity contribution in [3.8, 4) is 0 Å². The van der Waals surface area contributed by atoms with Crippen LogP contribution in [0.25, 0.3) is 0 Å². The maximum absolute atomic E-state index is 12.4. The zero-order chi connectivity index (χ0) is 20.6. The van der Waals surface area contributed by atoms with Crippen molar-refractivity contribution in [3.05, 3.63) is 0 Å². The molecule has 0 aromatic rings. The highest BCUT2D eigenvalue weighted by molar-refractivity contribution is 5.74. The number of nitrogens with zero attached hydrogens (tertiary/aromatic N) is 2. The van der Waals surface area contributed by atoms with Gasteiger partial charge in [-0.3, -0.25) is 0 Å². The third-order valence-corrected chi connectivity index (χ3v) is 5.43. The SMILES string of the molecule is CC(C)(C)OC(=O)N1CCCCC1CNC(=O)NCCN1CCC(CO)CC1. The molecule has 1 unspecified atom stereocenters. The Labute approximate surface area is 169 Å². The van der Waals surface area contributed by atoms with Crippen molar-refractivity contribution < 1.29 is 19.4 Å². The van der Waals surface area contributed by atoms with E-state index in [4.69, 9.17) is 4.74 Å². The molecule has 2 aliphatic heterocycles. The van der Waals surface area contributed by atoms with E-state index in [2.05, 4.69) is 15.5 Å².